The molecule has 1 aliphatic heterocycles. The van der Waals surface area contributed by atoms with Gasteiger partial charge in [0.2, 0.25) is 5.91 Å². The minimum atomic E-state index is -4.92. The molecular formula is C49H44N5O15P. The number of esters is 2. The van der Waals surface area contributed by atoms with Crippen molar-refractivity contribution in [2.45, 2.75) is 20.0 Å². The highest BCUT2D eigenvalue weighted by molar-refractivity contribution is 7.47. The highest BCUT2D eigenvalue weighted by Gasteiger charge is 2.26. The van der Waals surface area contributed by atoms with Crippen molar-refractivity contribution in [1.82, 2.24) is 24.9 Å². The van der Waals surface area contributed by atoms with Crippen LogP contribution in [0.5, 0.6) is 0 Å². The summed E-state index contributed by atoms with van der Waals surface area (Å²) in [6.07, 6.45) is -1.54. The SMILES string of the molecule is CC#CC#CC#CC#CC#CC#CC(=O)OCC(COP(=O)(O)OCCNC(=O)CN1CCN(CC(=O)O)CCN(CC(=O)O)CCN(CC(=O)O)CC1)OC(=O)C#CC#CC#CC#CC#CC#CC. The maximum Gasteiger partial charge on any atom is 0.472 e. The summed E-state index contributed by atoms with van der Waals surface area (Å²) < 4.78 is 32.7. The lowest BCUT2D eigenvalue weighted by molar-refractivity contribution is -0.153. The fraction of sp³-hybridized carbons (Fsp3) is 0.388. The van der Waals surface area contributed by atoms with Gasteiger partial charge in [-0.2, -0.15) is 0 Å². The number of carboxylic acids is 3. The molecule has 20 nitrogen and oxygen atoms in total. The fourth-order valence-corrected chi connectivity index (χ4v) is 5.65. The van der Waals surface area contributed by atoms with Crippen LogP contribution in [0.3, 0.4) is 0 Å². The van der Waals surface area contributed by atoms with Crippen LogP contribution in [0.15, 0.2) is 0 Å². The Balaban J connectivity index is 2.98. The topological polar surface area (TPSA) is 262 Å². The predicted octanol–water partition coefficient (Wildman–Crippen LogP) is -2.75. The molecule has 0 saturated carbocycles. The summed E-state index contributed by atoms with van der Waals surface area (Å²) in [4.78, 5) is 89.0. The van der Waals surface area contributed by atoms with E-state index in [9.17, 15) is 53.5 Å². The molecule has 5 N–H and O–H groups in total. The van der Waals surface area contributed by atoms with E-state index in [1.54, 1.807) is 33.4 Å². The zero-order valence-corrected chi connectivity index (χ0v) is 38.8. The van der Waals surface area contributed by atoms with E-state index in [-0.39, 0.29) is 85.1 Å². The number of carbonyl (C=O) groups excluding carboxylic acids is 3. The monoisotopic (exact) mass is 973 g/mol. The van der Waals surface area contributed by atoms with Crippen molar-refractivity contribution in [3.8, 4) is 142 Å². The Bertz CT molecular complexity index is 2730. The Labute approximate surface area is 406 Å². The molecule has 0 aliphatic carbocycles. The van der Waals surface area contributed by atoms with E-state index < -0.39 is 69.5 Å². The van der Waals surface area contributed by atoms with Gasteiger partial charge in [0.05, 0.1) is 39.4 Å². The van der Waals surface area contributed by atoms with Crippen LogP contribution in [0.4, 0.5) is 0 Å². The van der Waals surface area contributed by atoms with Gasteiger partial charge >= 0.3 is 37.7 Å². The smallest absolute Gasteiger partial charge is 0.472 e. The molecule has 1 amide bonds. The van der Waals surface area contributed by atoms with Gasteiger partial charge in [0.15, 0.2) is 6.10 Å². The lowest BCUT2D eigenvalue weighted by Crippen LogP contribution is -2.50. The molecular weight excluding hydrogens is 930 g/mol. The van der Waals surface area contributed by atoms with E-state index >= 15 is 0 Å². The minimum absolute atomic E-state index is 0.170. The molecule has 21 heteroatoms. The third-order valence-electron chi connectivity index (χ3n) is 7.85. The molecule has 0 bridgehead atoms. The summed E-state index contributed by atoms with van der Waals surface area (Å²) in [5, 5.41) is 30.8. The van der Waals surface area contributed by atoms with E-state index in [1.807, 2.05) is 5.92 Å². The van der Waals surface area contributed by atoms with Gasteiger partial charge in [-0.3, -0.25) is 47.8 Å². The van der Waals surface area contributed by atoms with Crippen LogP contribution >= 0.6 is 7.82 Å². The number of hydrogen-bond donors (Lipinski definition) is 5. The molecule has 1 heterocycles. The summed E-state index contributed by atoms with van der Waals surface area (Å²) in [7, 11) is -4.92. The van der Waals surface area contributed by atoms with Gasteiger partial charge in [-0.05, 0) is 132 Å². The average Bonchev–Trinajstić information content (AvgIpc) is 3.30. The Kier molecular flexibility index (Phi) is 31.9. The van der Waals surface area contributed by atoms with Crippen LogP contribution in [0, 0.1) is 142 Å². The van der Waals surface area contributed by atoms with Gasteiger partial charge in [0, 0.05) is 70.7 Å². The maximum atomic E-state index is 13.0. The molecule has 1 saturated heterocycles. The second-order valence-electron chi connectivity index (χ2n) is 13.1. The number of ether oxygens (including phenoxy) is 2. The number of phosphoric acid groups is 1. The van der Waals surface area contributed by atoms with E-state index in [2.05, 4.69) is 141 Å². The number of hydrogen-bond acceptors (Lipinski definition) is 15. The molecule has 0 aromatic heterocycles. The lowest BCUT2D eigenvalue weighted by atomic mass is 10.3. The number of nitrogens with zero attached hydrogens (tertiary/aromatic N) is 4. The van der Waals surface area contributed by atoms with Crippen LogP contribution in [0.25, 0.3) is 0 Å². The van der Waals surface area contributed by atoms with Crippen LogP contribution in [0.2, 0.25) is 0 Å². The second kappa shape index (κ2) is 37.6. The quantitative estimate of drug-likeness (QED) is 0.0307. The normalized spacial score (nSPS) is 13.4. The molecule has 2 atom stereocenters. The zero-order chi connectivity index (χ0) is 51.7. The van der Waals surface area contributed by atoms with Crippen molar-refractivity contribution in [3.05, 3.63) is 0 Å². The number of carboxylic acid groups (broad SMARTS) is 3. The first-order chi connectivity index (χ1) is 33.6. The van der Waals surface area contributed by atoms with Crippen molar-refractivity contribution >= 4 is 43.6 Å². The van der Waals surface area contributed by atoms with E-state index in [0.29, 0.717) is 0 Å². The van der Waals surface area contributed by atoms with Crippen molar-refractivity contribution in [1.29, 1.82) is 0 Å². The molecule has 1 fully saturated rings. The Morgan fingerprint density at radius 2 is 0.843 bits per heavy atom. The summed E-state index contributed by atoms with van der Waals surface area (Å²) in [6, 6.07) is 0. The van der Waals surface area contributed by atoms with Crippen LogP contribution < -0.4 is 5.32 Å². The van der Waals surface area contributed by atoms with Gasteiger partial charge in [-0.15, -0.1) is 0 Å². The number of amides is 1. The number of aliphatic carboxylic acids is 3. The van der Waals surface area contributed by atoms with Crippen LogP contribution in [-0.2, 0) is 51.9 Å². The van der Waals surface area contributed by atoms with Crippen LogP contribution in [-0.4, -0.2) is 187 Å². The third-order valence-corrected chi connectivity index (χ3v) is 8.84. The van der Waals surface area contributed by atoms with E-state index in [1.165, 1.54) is 0 Å². The second-order valence-corrected chi connectivity index (χ2v) is 14.6. The number of carbonyl (C=O) groups is 6. The largest absolute Gasteiger partial charge is 0.480 e. The molecule has 360 valence electrons. The highest BCUT2D eigenvalue weighted by atomic mass is 31.2. The zero-order valence-electron chi connectivity index (χ0n) is 37.9. The molecule has 0 aromatic carbocycles. The Morgan fingerprint density at radius 3 is 1.21 bits per heavy atom. The van der Waals surface area contributed by atoms with Crippen molar-refractivity contribution in [3.63, 3.8) is 0 Å². The summed E-state index contributed by atoms with van der Waals surface area (Å²) in [6.45, 7) is 0.952. The van der Waals surface area contributed by atoms with Crippen molar-refractivity contribution < 1.29 is 72.1 Å². The molecule has 1 rings (SSSR count). The van der Waals surface area contributed by atoms with Gasteiger partial charge in [-0.25, -0.2) is 14.2 Å². The molecule has 2 unspecified atom stereocenters. The molecule has 0 spiro atoms. The van der Waals surface area contributed by atoms with Gasteiger partial charge < -0.3 is 35.0 Å². The van der Waals surface area contributed by atoms with Crippen LogP contribution in [0.1, 0.15) is 13.8 Å². The Hall–Kier alpha value is -8.51. The number of phosphoric ester groups is 1. The van der Waals surface area contributed by atoms with Gasteiger partial charge in [0.1, 0.15) is 6.61 Å². The molecule has 70 heavy (non-hydrogen) atoms. The third kappa shape index (κ3) is 34.8. The van der Waals surface area contributed by atoms with Gasteiger partial charge in [-0.1, -0.05) is 11.8 Å². The standard InChI is InChI=1S/C49H44N5O15P/c1-3-5-7-9-11-13-15-17-19-21-23-25-48(62)66-41-43(69-49(63)26-24-22-20-18-16-14-12-10-8-6-4-2)42-68-70(64,65)67-36-27-50-44(55)37-51-28-30-52(38-45(56)57)32-34-54(40-47(60)61)35-33-53(31-29-51)39-46(58)59/h43H,27-42H2,1-2H3,(H,50,55)(H,56,57)(H,58,59)(H,60,61)(H,64,65). The van der Waals surface area contributed by atoms with Gasteiger partial charge in [0.25, 0.3) is 0 Å². The maximum absolute atomic E-state index is 13.0. The van der Waals surface area contributed by atoms with Crippen molar-refractivity contribution in [2.24, 2.45) is 0 Å². The van der Waals surface area contributed by atoms with E-state index in [0.717, 1.165) is 0 Å². The lowest BCUT2D eigenvalue weighted by Gasteiger charge is -2.32. The first kappa shape index (κ1) is 59.5. The highest BCUT2D eigenvalue weighted by Crippen LogP contribution is 2.43. The van der Waals surface area contributed by atoms with E-state index in [4.69, 9.17) is 18.5 Å². The van der Waals surface area contributed by atoms with Crippen molar-refractivity contribution in [2.75, 3.05) is 105 Å². The molecule has 0 radical (unpaired) electrons. The number of rotatable bonds is 18. The fourth-order valence-electron chi connectivity index (χ4n) is 4.90. The average molecular weight is 974 g/mol. The summed E-state index contributed by atoms with van der Waals surface area (Å²) in [5.41, 5.74) is 0. The summed E-state index contributed by atoms with van der Waals surface area (Å²) >= 11 is 0. The summed E-state index contributed by atoms with van der Waals surface area (Å²) in [5.74, 6) is 50.7. The minimum Gasteiger partial charge on any atom is -0.480 e. The molecule has 1 aliphatic rings. The predicted molar refractivity (Wildman–Crippen MR) is 249 cm³/mol. The Morgan fingerprint density at radius 1 is 0.500 bits per heavy atom. The first-order valence-electron chi connectivity index (χ1n) is 20.3. The number of nitrogens with one attached hydrogen (secondary N) is 1. The first-order valence-corrected chi connectivity index (χ1v) is 21.8. The molecule has 0 aromatic rings.